The Morgan fingerprint density at radius 3 is 2.33 bits per heavy atom. The third-order valence-corrected chi connectivity index (χ3v) is 2.05. The second-order valence-electron chi connectivity index (χ2n) is 5.85. The van der Waals surface area contributed by atoms with Gasteiger partial charge < -0.3 is 14.7 Å². The minimum absolute atomic E-state index is 0.0709. The average Bonchev–Trinajstić information content (AvgIpc) is 2.11. The SMILES string of the molecule is CC(C)NOC(=O)[B]C(C)(C)OCCC(C)(C)O. The summed E-state index contributed by atoms with van der Waals surface area (Å²) in [6, 6.07) is 0.0709. The number of carbonyl (C=O) groups is 1. The van der Waals surface area contributed by atoms with Crippen LogP contribution in [0.15, 0.2) is 0 Å². The number of hydroxylamine groups is 1. The Morgan fingerprint density at radius 1 is 1.33 bits per heavy atom. The molecule has 0 heterocycles. The van der Waals surface area contributed by atoms with E-state index >= 15 is 0 Å². The highest BCUT2D eigenvalue weighted by molar-refractivity contribution is 6.74. The maximum Gasteiger partial charge on any atom is 0.303 e. The van der Waals surface area contributed by atoms with E-state index in [0.717, 1.165) is 0 Å². The zero-order chi connectivity index (χ0) is 14.4. The summed E-state index contributed by atoms with van der Waals surface area (Å²) in [7, 11) is 1.37. The smallest absolute Gasteiger partial charge is 0.303 e. The molecule has 0 spiro atoms. The van der Waals surface area contributed by atoms with Crippen LogP contribution in [0, 0.1) is 0 Å². The van der Waals surface area contributed by atoms with Crippen LogP contribution in [0.1, 0.15) is 48.0 Å². The summed E-state index contributed by atoms with van der Waals surface area (Å²) in [5, 5.41) is 9.55. The molecule has 0 atom stereocenters. The summed E-state index contributed by atoms with van der Waals surface area (Å²) in [6.45, 7) is 11.1. The van der Waals surface area contributed by atoms with Crippen molar-refractivity contribution in [2.24, 2.45) is 0 Å². The third kappa shape index (κ3) is 10.6. The molecule has 0 amide bonds. The van der Waals surface area contributed by atoms with E-state index < -0.39 is 17.0 Å². The first kappa shape index (κ1) is 17.4. The van der Waals surface area contributed by atoms with Gasteiger partial charge in [0.1, 0.15) is 0 Å². The topological polar surface area (TPSA) is 67.8 Å². The Labute approximate surface area is 110 Å². The molecule has 105 valence electrons. The zero-order valence-corrected chi connectivity index (χ0v) is 12.2. The van der Waals surface area contributed by atoms with E-state index in [9.17, 15) is 9.90 Å². The lowest BCUT2D eigenvalue weighted by atomic mass is 9.62. The minimum Gasteiger partial charge on any atom is -0.390 e. The fourth-order valence-corrected chi connectivity index (χ4v) is 1.09. The van der Waals surface area contributed by atoms with Crippen LogP contribution in [0.2, 0.25) is 0 Å². The molecule has 18 heavy (non-hydrogen) atoms. The van der Waals surface area contributed by atoms with Gasteiger partial charge in [0.15, 0.2) is 0 Å². The van der Waals surface area contributed by atoms with E-state index in [1.165, 1.54) is 7.28 Å². The van der Waals surface area contributed by atoms with Crippen LogP contribution in [-0.2, 0) is 9.57 Å². The van der Waals surface area contributed by atoms with Gasteiger partial charge in [0.25, 0.3) is 5.87 Å². The molecule has 6 heteroatoms. The van der Waals surface area contributed by atoms with E-state index in [4.69, 9.17) is 9.57 Å². The van der Waals surface area contributed by atoms with E-state index in [0.29, 0.717) is 13.0 Å². The van der Waals surface area contributed by atoms with Crippen molar-refractivity contribution in [1.29, 1.82) is 0 Å². The molecule has 0 aliphatic carbocycles. The Hall–Kier alpha value is -0.585. The molecular weight excluding hydrogens is 233 g/mol. The molecule has 2 N–H and O–H groups in total. The molecule has 0 aromatic heterocycles. The fourth-order valence-electron chi connectivity index (χ4n) is 1.09. The summed E-state index contributed by atoms with van der Waals surface area (Å²) in [5.41, 5.74) is 1.08. The first-order valence-electron chi connectivity index (χ1n) is 6.20. The highest BCUT2D eigenvalue weighted by Gasteiger charge is 2.27. The first-order valence-corrected chi connectivity index (χ1v) is 6.20. The molecule has 0 aromatic carbocycles. The predicted molar refractivity (Wildman–Crippen MR) is 71.5 cm³/mol. The van der Waals surface area contributed by atoms with E-state index in [-0.39, 0.29) is 6.04 Å². The third-order valence-electron chi connectivity index (χ3n) is 2.05. The van der Waals surface area contributed by atoms with E-state index in [1.54, 1.807) is 27.7 Å². The standard InChI is InChI=1S/C12H25BNO4/c1-9(2)14-18-10(15)13-12(5,6)17-8-7-11(3,4)16/h9,14,16H,7-8H2,1-6H3. The van der Waals surface area contributed by atoms with Gasteiger partial charge in [0.2, 0.25) is 0 Å². The van der Waals surface area contributed by atoms with Crippen LogP contribution < -0.4 is 5.48 Å². The Bertz CT molecular complexity index is 261. The van der Waals surface area contributed by atoms with Crippen LogP contribution in [0.5, 0.6) is 0 Å². The molecule has 1 radical (unpaired) electrons. The van der Waals surface area contributed by atoms with Crippen LogP contribution in [0.3, 0.4) is 0 Å². The van der Waals surface area contributed by atoms with Gasteiger partial charge in [-0.15, -0.1) is 0 Å². The van der Waals surface area contributed by atoms with Gasteiger partial charge >= 0.3 is 7.28 Å². The molecule has 0 saturated heterocycles. The number of rotatable bonds is 8. The van der Waals surface area contributed by atoms with Crippen molar-refractivity contribution >= 4 is 13.1 Å². The van der Waals surface area contributed by atoms with Gasteiger partial charge in [0.05, 0.1) is 5.60 Å². The summed E-state index contributed by atoms with van der Waals surface area (Å²) >= 11 is 0. The molecule has 0 saturated carbocycles. The molecule has 5 nitrogen and oxygen atoms in total. The Balaban J connectivity index is 3.95. The average molecular weight is 258 g/mol. The molecule has 0 aliphatic heterocycles. The van der Waals surface area contributed by atoms with Crippen molar-refractivity contribution in [2.45, 2.75) is 65.1 Å². The van der Waals surface area contributed by atoms with Crippen molar-refractivity contribution in [3.8, 4) is 0 Å². The fraction of sp³-hybridized carbons (Fsp3) is 0.917. The van der Waals surface area contributed by atoms with Gasteiger partial charge in [0, 0.05) is 18.1 Å². The lowest BCUT2D eigenvalue weighted by molar-refractivity contribution is -0.00803. The number of hydrogen-bond donors (Lipinski definition) is 2. The van der Waals surface area contributed by atoms with Crippen molar-refractivity contribution < 1.29 is 19.5 Å². The van der Waals surface area contributed by atoms with Gasteiger partial charge in [-0.25, -0.2) is 0 Å². The summed E-state index contributed by atoms with van der Waals surface area (Å²) in [6.07, 6.45) is 0.504. The highest BCUT2D eigenvalue weighted by Crippen LogP contribution is 2.13. The zero-order valence-electron chi connectivity index (χ0n) is 12.2. The van der Waals surface area contributed by atoms with Gasteiger partial charge in [-0.1, -0.05) is 0 Å². The Kier molecular flexibility index (Phi) is 6.88. The van der Waals surface area contributed by atoms with Crippen LogP contribution in [0.4, 0.5) is 4.79 Å². The van der Waals surface area contributed by atoms with Gasteiger partial charge in [-0.3, -0.25) is 4.79 Å². The summed E-state index contributed by atoms with van der Waals surface area (Å²) < 4.78 is 5.54. The Morgan fingerprint density at radius 2 is 1.89 bits per heavy atom. The van der Waals surface area contributed by atoms with Crippen molar-refractivity contribution in [1.82, 2.24) is 5.48 Å². The minimum atomic E-state index is -0.768. The second kappa shape index (κ2) is 7.11. The van der Waals surface area contributed by atoms with Crippen molar-refractivity contribution in [3.63, 3.8) is 0 Å². The largest absolute Gasteiger partial charge is 0.390 e. The van der Waals surface area contributed by atoms with Gasteiger partial charge in [-0.05, 0) is 48.0 Å². The van der Waals surface area contributed by atoms with E-state index in [1.807, 2.05) is 13.8 Å². The number of nitrogens with one attached hydrogen (secondary N) is 1. The maximum absolute atomic E-state index is 11.5. The highest BCUT2D eigenvalue weighted by atomic mass is 16.7. The molecule has 0 fully saturated rings. The lowest BCUT2D eigenvalue weighted by Crippen LogP contribution is -2.41. The monoisotopic (exact) mass is 258 g/mol. The van der Waals surface area contributed by atoms with Crippen LogP contribution >= 0.6 is 0 Å². The summed E-state index contributed by atoms with van der Waals surface area (Å²) in [5.74, 6) is -0.475. The quantitative estimate of drug-likeness (QED) is 0.512. The van der Waals surface area contributed by atoms with Crippen LogP contribution in [-0.4, -0.2) is 42.0 Å². The second-order valence-corrected chi connectivity index (χ2v) is 5.85. The number of hydrogen-bond acceptors (Lipinski definition) is 5. The first-order chi connectivity index (χ1) is 8.02. The number of ether oxygens (including phenoxy) is 1. The number of aliphatic hydroxyl groups is 1. The normalized spacial score (nSPS) is 12.7. The molecule has 0 aliphatic rings. The molecule has 0 rings (SSSR count). The molecule has 0 unspecified atom stereocenters. The number of carbonyl (C=O) groups excluding carboxylic acids is 1. The molecule has 0 aromatic rings. The lowest BCUT2D eigenvalue weighted by Gasteiger charge is -2.26. The summed E-state index contributed by atoms with van der Waals surface area (Å²) in [4.78, 5) is 16.3. The van der Waals surface area contributed by atoms with Crippen molar-refractivity contribution in [3.05, 3.63) is 0 Å². The molecular formula is C12H25BNO4. The van der Waals surface area contributed by atoms with E-state index in [2.05, 4.69) is 5.48 Å². The van der Waals surface area contributed by atoms with Gasteiger partial charge in [-0.2, -0.15) is 5.48 Å². The van der Waals surface area contributed by atoms with Crippen molar-refractivity contribution in [2.75, 3.05) is 6.61 Å². The molecule has 0 bridgehead atoms. The predicted octanol–water partition coefficient (Wildman–Crippen LogP) is 1.65. The maximum atomic E-state index is 11.5. The van der Waals surface area contributed by atoms with Crippen LogP contribution in [0.25, 0.3) is 0 Å².